The molecule has 4 aromatic rings. The molecule has 0 saturated heterocycles. The number of carbonyl (C=O) groups excluding carboxylic acids is 1. The second-order valence-corrected chi connectivity index (χ2v) is 10.1. The van der Waals surface area contributed by atoms with Crippen molar-refractivity contribution >= 4 is 17.2 Å². The number of pyridine rings is 1. The lowest BCUT2D eigenvalue weighted by atomic mass is 9.85. The molecule has 1 saturated carbocycles. The molecule has 1 fully saturated rings. The Hall–Kier alpha value is -3.59. The molecule has 3 heterocycles. The summed E-state index contributed by atoms with van der Waals surface area (Å²) in [5.41, 5.74) is 2.79. The van der Waals surface area contributed by atoms with Crippen molar-refractivity contribution in [3.05, 3.63) is 71.5 Å². The Kier molecular flexibility index (Phi) is 5.90. The van der Waals surface area contributed by atoms with Gasteiger partial charge in [0.1, 0.15) is 11.9 Å². The Balaban J connectivity index is 1.43. The summed E-state index contributed by atoms with van der Waals surface area (Å²) in [6, 6.07) is 9.32. The van der Waals surface area contributed by atoms with E-state index < -0.39 is 17.4 Å². The predicted molar refractivity (Wildman–Crippen MR) is 131 cm³/mol. The molecule has 0 radical (unpaired) electrons. The second kappa shape index (κ2) is 8.81. The van der Waals surface area contributed by atoms with Crippen molar-refractivity contribution in [2.75, 3.05) is 5.32 Å². The zero-order chi connectivity index (χ0) is 25.7. The maximum absolute atomic E-state index is 13.6. The van der Waals surface area contributed by atoms with E-state index in [0.29, 0.717) is 35.6 Å². The average molecular weight is 495 g/mol. The first-order chi connectivity index (χ1) is 17.0. The number of hydrogen-bond donors (Lipinski definition) is 2. The monoisotopic (exact) mass is 494 g/mol. The number of oxazole rings is 1. The van der Waals surface area contributed by atoms with Gasteiger partial charge < -0.3 is 19.2 Å². The van der Waals surface area contributed by atoms with E-state index in [1.54, 1.807) is 36.7 Å². The Morgan fingerprint density at radius 3 is 2.64 bits per heavy atom. The van der Waals surface area contributed by atoms with Gasteiger partial charge in [0.15, 0.2) is 5.69 Å². The molecule has 0 spiro atoms. The fourth-order valence-electron chi connectivity index (χ4n) is 4.67. The van der Waals surface area contributed by atoms with Gasteiger partial charge in [-0.25, -0.2) is 18.7 Å². The molecule has 0 atom stereocenters. The van der Waals surface area contributed by atoms with Crippen LogP contribution < -0.4 is 5.32 Å². The van der Waals surface area contributed by atoms with E-state index in [-0.39, 0.29) is 24.5 Å². The van der Waals surface area contributed by atoms with Crippen LogP contribution in [0.4, 0.5) is 14.5 Å². The molecule has 1 aromatic carbocycles. The van der Waals surface area contributed by atoms with Gasteiger partial charge in [-0.2, -0.15) is 0 Å². The summed E-state index contributed by atoms with van der Waals surface area (Å²) in [5, 5.41) is 13.6. The van der Waals surface area contributed by atoms with Crippen LogP contribution in [0.1, 0.15) is 72.8 Å². The molecule has 7 nitrogen and oxygen atoms in total. The Bertz CT molecular complexity index is 1420. The molecule has 9 heteroatoms. The van der Waals surface area contributed by atoms with Gasteiger partial charge in [0, 0.05) is 42.3 Å². The first-order valence-corrected chi connectivity index (χ1v) is 12.0. The standard InChI is InChI=1S/C27H28F2N4O3/c1-16-5-4-6-18(11-16)25-32-22(15-36-25)24(34)31-21-14-33-13-20(17-7-9-27(28,29)10-8-17)30-23(33)12-19(21)26(2,3)35/h4-6,11-15,17,35H,7-10H2,1-3H3,(H,31,34). The van der Waals surface area contributed by atoms with E-state index in [1.165, 1.54) is 6.26 Å². The summed E-state index contributed by atoms with van der Waals surface area (Å²) in [5.74, 6) is -2.82. The molecule has 1 amide bonds. The molecule has 36 heavy (non-hydrogen) atoms. The molecule has 3 aromatic heterocycles. The van der Waals surface area contributed by atoms with Crippen LogP contribution in [-0.2, 0) is 5.60 Å². The lowest BCUT2D eigenvalue weighted by Crippen LogP contribution is -2.23. The Morgan fingerprint density at radius 1 is 1.19 bits per heavy atom. The van der Waals surface area contributed by atoms with Crippen LogP contribution in [0.5, 0.6) is 0 Å². The van der Waals surface area contributed by atoms with E-state index in [9.17, 15) is 18.7 Å². The van der Waals surface area contributed by atoms with Crippen LogP contribution in [0.25, 0.3) is 17.1 Å². The summed E-state index contributed by atoms with van der Waals surface area (Å²) in [6.45, 7) is 5.19. The number of nitrogens with zero attached hydrogens (tertiary/aromatic N) is 3. The van der Waals surface area contributed by atoms with Gasteiger partial charge in [0.05, 0.1) is 17.0 Å². The number of alkyl halides is 2. The molecular formula is C27H28F2N4O3. The molecule has 0 unspecified atom stereocenters. The molecule has 188 valence electrons. The number of amides is 1. The fourth-order valence-corrected chi connectivity index (χ4v) is 4.67. The number of aromatic nitrogens is 3. The third-order valence-corrected chi connectivity index (χ3v) is 6.66. The third kappa shape index (κ3) is 4.88. The van der Waals surface area contributed by atoms with Gasteiger partial charge in [0.2, 0.25) is 11.8 Å². The molecular weight excluding hydrogens is 466 g/mol. The summed E-state index contributed by atoms with van der Waals surface area (Å²) in [7, 11) is 0. The summed E-state index contributed by atoms with van der Waals surface area (Å²) >= 11 is 0. The van der Waals surface area contributed by atoms with Gasteiger partial charge in [-0.05, 0) is 51.8 Å². The molecule has 2 N–H and O–H groups in total. The number of nitrogens with one attached hydrogen (secondary N) is 1. The van der Waals surface area contributed by atoms with Crippen molar-refractivity contribution in [3.8, 4) is 11.5 Å². The van der Waals surface area contributed by atoms with Crippen LogP contribution in [0, 0.1) is 6.92 Å². The van der Waals surface area contributed by atoms with Gasteiger partial charge in [-0.15, -0.1) is 0 Å². The number of benzene rings is 1. The first kappa shape index (κ1) is 24.1. The number of aryl methyl sites for hydroxylation is 1. The van der Waals surface area contributed by atoms with Gasteiger partial charge >= 0.3 is 0 Å². The minimum atomic E-state index is -2.61. The van der Waals surface area contributed by atoms with E-state index in [2.05, 4.69) is 15.3 Å². The number of fused-ring (bicyclic) bond motifs is 1. The maximum atomic E-state index is 13.6. The zero-order valence-corrected chi connectivity index (χ0v) is 20.4. The molecule has 5 rings (SSSR count). The van der Waals surface area contributed by atoms with Crippen molar-refractivity contribution in [1.82, 2.24) is 14.4 Å². The number of carbonyl (C=O) groups is 1. The summed E-state index contributed by atoms with van der Waals surface area (Å²) in [4.78, 5) is 22.0. The van der Waals surface area contributed by atoms with Crippen LogP contribution in [0.3, 0.4) is 0 Å². The fraction of sp³-hybridized carbons (Fsp3) is 0.370. The Labute approximate surface area is 207 Å². The normalized spacial score (nSPS) is 16.4. The van der Waals surface area contributed by atoms with Crippen molar-refractivity contribution in [1.29, 1.82) is 0 Å². The largest absolute Gasteiger partial charge is 0.444 e. The van der Waals surface area contributed by atoms with Gasteiger partial charge in [0.25, 0.3) is 5.91 Å². The topological polar surface area (TPSA) is 92.7 Å². The minimum absolute atomic E-state index is 0.0525. The lowest BCUT2D eigenvalue weighted by Gasteiger charge is -2.26. The third-order valence-electron chi connectivity index (χ3n) is 6.66. The van der Waals surface area contributed by atoms with Gasteiger partial charge in [-0.3, -0.25) is 4.79 Å². The van der Waals surface area contributed by atoms with Crippen LogP contribution in [-0.4, -0.2) is 31.3 Å². The van der Waals surface area contributed by atoms with E-state index >= 15 is 0 Å². The average Bonchev–Trinajstić information content (AvgIpc) is 3.45. The molecule has 0 bridgehead atoms. The zero-order valence-electron chi connectivity index (χ0n) is 20.4. The number of aliphatic hydroxyl groups is 1. The molecule has 1 aliphatic carbocycles. The van der Waals surface area contributed by atoms with Crippen molar-refractivity contribution < 1.29 is 23.1 Å². The number of imidazole rings is 1. The maximum Gasteiger partial charge on any atom is 0.277 e. The van der Waals surface area contributed by atoms with Crippen LogP contribution in [0.2, 0.25) is 0 Å². The highest BCUT2D eigenvalue weighted by atomic mass is 19.3. The highest BCUT2D eigenvalue weighted by Gasteiger charge is 2.36. The Morgan fingerprint density at radius 2 is 1.94 bits per heavy atom. The highest BCUT2D eigenvalue weighted by Crippen LogP contribution is 2.41. The molecule has 0 aliphatic heterocycles. The van der Waals surface area contributed by atoms with Crippen molar-refractivity contribution in [2.24, 2.45) is 0 Å². The predicted octanol–water partition coefficient (Wildman–Crippen LogP) is 6.07. The molecule has 1 aliphatic rings. The first-order valence-electron chi connectivity index (χ1n) is 12.0. The smallest absolute Gasteiger partial charge is 0.277 e. The number of hydrogen-bond acceptors (Lipinski definition) is 5. The van der Waals surface area contributed by atoms with E-state index in [1.807, 2.05) is 31.2 Å². The second-order valence-electron chi connectivity index (χ2n) is 10.1. The van der Waals surface area contributed by atoms with E-state index in [4.69, 9.17) is 4.42 Å². The minimum Gasteiger partial charge on any atom is -0.444 e. The lowest BCUT2D eigenvalue weighted by molar-refractivity contribution is -0.0384. The summed E-state index contributed by atoms with van der Waals surface area (Å²) < 4.78 is 34.5. The van der Waals surface area contributed by atoms with Crippen LogP contribution >= 0.6 is 0 Å². The van der Waals surface area contributed by atoms with Crippen molar-refractivity contribution in [3.63, 3.8) is 0 Å². The van der Waals surface area contributed by atoms with E-state index in [0.717, 1.165) is 16.8 Å². The SMILES string of the molecule is Cc1cccc(-c2nc(C(=O)Nc3cn4cc(C5CCC(F)(F)CC5)nc4cc3C(C)(C)O)co2)c1. The van der Waals surface area contributed by atoms with Crippen molar-refractivity contribution in [2.45, 2.75) is 63.9 Å². The number of halogens is 2. The highest BCUT2D eigenvalue weighted by molar-refractivity contribution is 6.03. The number of anilines is 1. The summed E-state index contributed by atoms with van der Waals surface area (Å²) in [6.07, 6.45) is 5.22. The quantitative estimate of drug-likeness (QED) is 0.351. The number of rotatable bonds is 5. The van der Waals surface area contributed by atoms with Crippen LogP contribution in [0.15, 0.2) is 53.4 Å². The van der Waals surface area contributed by atoms with Gasteiger partial charge in [-0.1, -0.05) is 17.7 Å².